The second-order valence-corrected chi connectivity index (χ2v) is 11.0. The summed E-state index contributed by atoms with van der Waals surface area (Å²) in [5.74, 6) is 0. The Morgan fingerprint density at radius 3 is 1.79 bits per heavy atom. The predicted molar refractivity (Wildman–Crippen MR) is 145 cm³/mol. The average Bonchev–Trinajstić information content (AvgIpc) is 3.25. The van der Waals surface area contributed by atoms with Gasteiger partial charge < -0.3 is 14.3 Å². The van der Waals surface area contributed by atoms with Crippen molar-refractivity contribution in [2.45, 2.75) is 0 Å². The molecule has 34 heavy (non-hydrogen) atoms. The molecule has 0 atom stereocenters. The van der Waals surface area contributed by atoms with E-state index < -0.39 is 8.08 Å². The molecular weight excluding hydrogens is 439 g/mol. The minimum Gasteiger partial charge on any atom is -0.362 e. The molecule has 0 saturated heterocycles. The molecule has 6 rings (SSSR count). The first-order valence-electron chi connectivity index (χ1n) is 11.7. The smallest absolute Gasteiger partial charge is 0.175 e. The van der Waals surface area contributed by atoms with Gasteiger partial charge >= 0.3 is 0 Å². The van der Waals surface area contributed by atoms with Gasteiger partial charge in [0, 0.05) is 50.9 Å². The molecule has 1 aromatic heterocycles. The molecule has 2 heterocycles. The third-order valence-electron chi connectivity index (χ3n) is 6.80. The van der Waals surface area contributed by atoms with Gasteiger partial charge in [0.15, 0.2) is 8.08 Å². The van der Waals surface area contributed by atoms with Crippen LogP contribution in [0.3, 0.4) is 0 Å². The Kier molecular flexibility index (Phi) is 5.24. The maximum atomic E-state index is 6.65. The highest BCUT2D eigenvalue weighted by Gasteiger charge is 2.15. The van der Waals surface area contributed by atoms with Crippen molar-refractivity contribution in [1.82, 2.24) is 18.5 Å². The summed E-state index contributed by atoms with van der Waals surface area (Å²) in [7, 11) is 5.41. The summed E-state index contributed by atoms with van der Waals surface area (Å²) in [5, 5.41) is 7.65. The topological polar surface area (TPSA) is 25.6 Å². The minimum absolute atomic E-state index is 0.671. The summed E-state index contributed by atoms with van der Waals surface area (Å²) in [4.78, 5) is 4.47. The second kappa shape index (κ2) is 8.43. The number of hydrogen-bond acceptors (Lipinski definition) is 3. The fraction of sp³-hybridized carbons (Fsp3) is 0.214. The number of benzene rings is 4. The van der Waals surface area contributed by atoms with Crippen LogP contribution in [0.2, 0.25) is 0 Å². The molecule has 0 bridgehead atoms. The van der Waals surface area contributed by atoms with Crippen LogP contribution in [-0.4, -0.2) is 45.3 Å². The highest BCUT2D eigenvalue weighted by atomic mass is 31.1. The van der Waals surface area contributed by atoms with E-state index in [-0.39, 0.29) is 0 Å². The second-order valence-electron chi connectivity index (χ2n) is 9.00. The standard InChI is InChI=1S/C28H29N4OP/c1-29-16-17-32(20-29)18-19-33-34-30(2)25-14-12-21-8-4-6-10-23(21)27(25)28-24-11-7-5-9-22(24)13-15-26(28)31(34)3/h4-17H,18-20H2,1-3H3. The summed E-state index contributed by atoms with van der Waals surface area (Å²) in [6.07, 6.45) is 4.25. The van der Waals surface area contributed by atoms with E-state index in [1.54, 1.807) is 0 Å². The van der Waals surface area contributed by atoms with Crippen molar-refractivity contribution in [3.05, 3.63) is 85.2 Å². The van der Waals surface area contributed by atoms with Crippen LogP contribution in [0.1, 0.15) is 0 Å². The molecule has 0 amide bonds. The summed E-state index contributed by atoms with van der Waals surface area (Å²) in [5.41, 5.74) is 2.43. The van der Waals surface area contributed by atoms with Crippen molar-refractivity contribution in [3.63, 3.8) is 0 Å². The van der Waals surface area contributed by atoms with E-state index in [4.69, 9.17) is 4.52 Å². The maximum Gasteiger partial charge on any atom is 0.175 e. The Morgan fingerprint density at radius 1 is 0.706 bits per heavy atom. The largest absolute Gasteiger partial charge is 0.362 e. The minimum atomic E-state index is -1.03. The van der Waals surface area contributed by atoms with Crippen LogP contribution in [0.25, 0.3) is 43.4 Å². The van der Waals surface area contributed by atoms with E-state index in [0.717, 1.165) is 13.2 Å². The van der Waals surface area contributed by atoms with Gasteiger partial charge in [0.05, 0.1) is 24.3 Å². The van der Waals surface area contributed by atoms with Crippen molar-refractivity contribution >= 4 is 51.4 Å². The monoisotopic (exact) mass is 468 g/mol. The van der Waals surface area contributed by atoms with Crippen LogP contribution in [0.15, 0.2) is 85.2 Å². The van der Waals surface area contributed by atoms with Gasteiger partial charge in [-0.25, -0.2) is 0 Å². The molecule has 0 N–H and O–H groups in total. The fourth-order valence-electron chi connectivity index (χ4n) is 5.12. The summed E-state index contributed by atoms with van der Waals surface area (Å²) in [6.45, 7) is 2.46. The van der Waals surface area contributed by atoms with Crippen molar-refractivity contribution in [2.75, 3.05) is 26.9 Å². The van der Waals surface area contributed by atoms with Crippen LogP contribution < -0.4 is 4.52 Å². The predicted octanol–water partition coefficient (Wildman–Crippen LogP) is 6.19. The van der Waals surface area contributed by atoms with Gasteiger partial charge in [0.25, 0.3) is 0 Å². The molecule has 0 saturated carbocycles. The van der Waals surface area contributed by atoms with Crippen LogP contribution in [-0.2, 0) is 14.1 Å². The van der Waals surface area contributed by atoms with Gasteiger partial charge in [-0.15, -0.1) is 0 Å². The van der Waals surface area contributed by atoms with Gasteiger partial charge in [-0.1, -0.05) is 60.7 Å². The van der Waals surface area contributed by atoms with Gasteiger partial charge in [0.2, 0.25) is 0 Å². The van der Waals surface area contributed by atoms with Gasteiger partial charge in [0.1, 0.15) is 0 Å². The molecule has 0 unspecified atom stereocenters. The number of aryl methyl sites for hydroxylation is 2. The molecule has 0 fully saturated rings. The molecule has 1 aliphatic rings. The highest BCUT2D eigenvalue weighted by Crippen LogP contribution is 2.39. The van der Waals surface area contributed by atoms with E-state index in [0.29, 0.717) is 6.61 Å². The zero-order valence-corrected chi connectivity index (χ0v) is 20.7. The van der Waals surface area contributed by atoms with Gasteiger partial charge in [-0.3, -0.25) is 8.66 Å². The molecule has 0 aliphatic carbocycles. The highest BCUT2D eigenvalue weighted by molar-refractivity contribution is 7.37. The molecule has 0 spiro atoms. The van der Waals surface area contributed by atoms with E-state index in [9.17, 15) is 0 Å². The van der Waals surface area contributed by atoms with Crippen LogP contribution >= 0.6 is 8.08 Å². The Bertz CT molecular complexity index is 1520. The lowest BCUT2D eigenvalue weighted by Crippen LogP contribution is -2.26. The normalized spacial score (nSPS) is 13.7. The Labute approximate surface area is 200 Å². The Morgan fingerprint density at radius 2 is 1.26 bits per heavy atom. The lowest BCUT2D eigenvalue weighted by molar-refractivity contribution is 0.260. The lowest BCUT2D eigenvalue weighted by atomic mass is 9.98. The average molecular weight is 469 g/mol. The molecule has 172 valence electrons. The van der Waals surface area contributed by atoms with Gasteiger partial charge in [-0.2, -0.15) is 0 Å². The van der Waals surface area contributed by atoms with Crippen molar-refractivity contribution in [2.24, 2.45) is 14.1 Å². The zero-order valence-electron chi connectivity index (χ0n) is 19.8. The van der Waals surface area contributed by atoms with Crippen LogP contribution in [0.4, 0.5) is 0 Å². The fourth-order valence-corrected chi connectivity index (χ4v) is 6.81. The zero-order chi connectivity index (χ0) is 23.2. The molecule has 4 aromatic carbocycles. The number of aromatic nitrogens is 2. The summed E-state index contributed by atoms with van der Waals surface area (Å²) in [6, 6.07) is 26.4. The van der Waals surface area contributed by atoms with Crippen LogP contribution in [0.5, 0.6) is 0 Å². The Hall–Kier alpha value is -3.40. The SMILES string of the molecule is CN1C=CN(CCOp2n(C)c3ccc4ccccc4c3c3c4ccccc4ccc3n2C)C1. The Balaban J connectivity index is 1.65. The van der Waals surface area contributed by atoms with Crippen molar-refractivity contribution in [1.29, 1.82) is 0 Å². The number of hydrogen-bond donors (Lipinski definition) is 0. The molecule has 5 aromatic rings. The summed E-state index contributed by atoms with van der Waals surface area (Å²) >= 11 is 0. The molecule has 6 heteroatoms. The third-order valence-corrected chi connectivity index (χ3v) is 8.67. The molecular formula is C28H29N4OP. The number of fused-ring (bicyclic) bond motifs is 7. The molecule has 0 radical (unpaired) electrons. The number of rotatable bonds is 4. The molecule has 5 nitrogen and oxygen atoms in total. The van der Waals surface area contributed by atoms with Crippen molar-refractivity contribution in [3.8, 4) is 0 Å². The third kappa shape index (κ3) is 3.44. The van der Waals surface area contributed by atoms with E-state index in [2.05, 4.69) is 125 Å². The first kappa shape index (κ1) is 21.2. The quantitative estimate of drug-likeness (QED) is 0.314. The first-order valence-corrected chi connectivity index (χ1v) is 12.8. The number of nitrogens with zero attached hydrogens (tertiary/aromatic N) is 4. The van der Waals surface area contributed by atoms with E-state index in [1.807, 2.05) is 0 Å². The van der Waals surface area contributed by atoms with E-state index in [1.165, 1.54) is 43.4 Å². The molecule has 1 aliphatic heterocycles. The van der Waals surface area contributed by atoms with E-state index >= 15 is 0 Å². The summed E-state index contributed by atoms with van der Waals surface area (Å²) < 4.78 is 11.3. The van der Waals surface area contributed by atoms with Crippen molar-refractivity contribution < 1.29 is 4.52 Å². The lowest BCUT2D eigenvalue weighted by Gasteiger charge is -2.19. The van der Waals surface area contributed by atoms with Gasteiger partial charge in [-0.05, 0) is 33.7 Å². The van der Waals surface area contributed by atoms with Crippen LogP contribution in [0, 0.1) is 0 Å². The maximum absolute atomic E-state index is 6.65. The first-order chi connectivity index (χ1) is 16.6.